The number of benzene rings is 1. The highest BCUT2D eigenvalue weighted by Crippen LogP contribution is 2.34. The molecule has 1 heterocycles. The highest BCUT2D eigenvalue weighted by molar-refractivity contribution is 9.09. The Morgan fingerprint density at radius 2 is 1.86 bits per heavy atom. The molecule has 0 saturated heterocycles. The lowest BCUT2D eigenvalue weighted by molar-refractivity contribution is 0.459. The molecular formula is C16H21Br2N3. The molecule has 0 bridgehead atoms. The molecule has 0 aliphatic heterocycles. The van der Waals surface area contributed by atoms with Crippen LogP contribution in [0.4, 0.5) is 0 Å². The van der Waals surface area contributed by atoms with E-state index in [0.29, 0.717) is 6.04 Å². The predicted octanol–water partition coefficient (Wildman–Crippen LogP) is 4.44. The number of alkyl halides is 2. The fourth-order valence-electron chi connectivity index (χ4n) is 2.67. The van der Waals surface area contributed by atoms with Gasteiger partial charge in [0.2, 0.25) is 0 Å². The van der Waals surface area contributed by atoms with E-state index in [9.17, 15) is 0 Å². The second-order valence-electron chi connectivity index (χ2n) is 5.75. The summed E-state index contributed by atoms with van der Waals surface area (Å²) in [5.74, 6) is 1.03. The van der Waals surface area contributed by atoms with Gasteiger partial charge in [0.05, 0.1) is 0 Å². The van der Waals surface area contributed by atoms with Crippen molar-refractivity contribution in [2.24, 2.45) is 0 Å². The first kappa shape index (κ1) is 16.7. The van der Waals surface area contributed by atoms with E-state index in [1.807, 2.05) is 4.68 Å². The molecule has 21 heavy (non-hydrogen) atoms. The Balaban J connectivity index is 2.44. The Labute approximate surface area is 143 Å². The summed E-state index contributed by atoms with van der Waals surface area (Å²) >= 11 is 7.45. The molecule has 0 spiro atoms. The van der Waals surface area contributed by atoms with E-state index in [-0.39, 0.29) is 5.41 Å². The molecule has 5 heteroatoms. The van der Waals surface area contributed by atoms with E-state index < -0.39 is 0 Å². The van der Waals surface area contributed by atoms with E-state index in [0.717, 1.165) is 22.9 Å². The third-order valence-corrected chi connectivity index (χ3v) is 6.01. The normalized spacial score (nSPS) is 12.1. The van der Waals surface area contributed by atoms with Crippen LogP contribution in [0, 0.1) is 6.92 Å². The molecule has 2 aromatic rings. The van der Waals surface area contributed by atoms with Crippen LogP contribution in [0.15, 0.2) is 30.6 Å². The van der Waals surface area contributed by atoms with Gasteiger partial charge < -0.3 is 0 Å². The monoisotopic (exact) mass is 413 g/mol. The van der Waals surface area contributed by atoms with E-state index in [1.165, 1.54) is 11.1 Å². The van der Waals surface area contributed by atoms with E-state index in [2.05, 4.69) is 87.0 Å². The molecule has 1 aromatic heterocycles. The first-order chi connectivity index (χ1) is 10.0. The maximum atomic E-state index is 4.48. The van der Waals surface area contributed by atoms with Gasteiger partial charge in [-0.3, -0.25) is 0 Å². The second kappa shape index (κ2) is 7.05. The van der Waals surface area contributed by atoms with E-state index in [1.54, 1.807) is 6.33 Å². The minimum Gasteiger partial charge on any atom is -0.248 e. The molecule has 0 radical (unpaired) electrons. The van der Waals surface area contributed by atoms with Crippen molar-refractivity contribution in [2.75, 3.05) is 10.7 Å². The minimum absolute atomic E-state index is 0.0228. The van der Waals surface area contributed by atoms with Crippen LogP contribution in [0.3, 0.4) is 0 Å². The number of aromatic nitrogens is 3. The van der Waals surface area contributed by atoms with Gasteiger partial charge in [0.15, 0.2) is 0 Å². The molecule has 0 N–H and O–H groups in total. The van der Waals surface area contributed by atoms with Crippen LogP contribution in [-0.4, -0.2) is 25.4 Å². The van der Waals surface area contributed by atoms with Crippen molar-refractivity contribution in [3.63, 3.8) is 0 Å². The van der Waals surface area contributed by atoms with Gasteiger partial charge >= 0.3 is 0 Å². The van der Waals surface area contributed by atoms with Crippen molar-refractivity contribution in [3.8, 4) is 0 Å². The summed E-state index contributed by atoms with van der Waals surface area (Å²) in [4.78, 5) is 4.48. The lowest BCUT2D eigenvalue weighted by Gasteiger charge is -2.32. The van der Waals surface area contributed by atoms with E-state index in [4.69, 9.17) is 0 Å². The van der Waals surface area contributed by atoms with Crippen LogP contribution in [0.1, 0.15) is 36.8 Å². The van der Waals surface area contributed by atoms with Crippen molar-refractivity contribution < 1.29 is 0 Å². The Bertz CT molecular complexity index is 589. The zero-order valence-electron chi connectivity index (χ0n) is 12.7. The van der Waals surface area contributed by atoms with Crippen LogP contribution in [0.2, 0.25) is 0 Å². The molecular weight excluding hydrogens is 394 g/mol. The molecule has 3 nitrogen and oxygen atoms in total. The van der Waals surface area contributed by atoms with Gasteiger partial charge in [0, 0.05) is 28.5 Å². The maximum absolute atomic E-state index is 4.48. The molecule has 0 atom stereocenters. The third-order valence-electron chi connectivity index (χ3n) is 3.86. The minimum atomic E-state index is -0.0228. The highest BCUT2D eigenvalue weighted by Gasteiger charge is 2.33. The number of halogens is 2. The van der Waals surface area contributed by atoms with Crippen LogP contribution in [0.25, 0.3) is 0 Å². The smallest absolute Gasteiger partial charge is 0.138 e. The average molecular weight is 415 g/mol. The van der Waals surface area contributed by atoms with E-state index >= 15 is 0 Å². The van der Waals surface area contributed by atoms with Gasteiger partial charge in [-0.05, 0) is 31.9 Å². The SMILES string of the molecule is Cc1ccccc1C(CBr)(CBr)Cc1ncnn1C(C)C. The van der Waals surface area contributed by atoms with Gasteiger partial charge in [0.25, 0.3) is 0 Å². The summed E-state index contributed by atoms with van der Waals surface area (Å²) < 4.78 is 2.01. The summed E-state index contributed by atoms with van der Waals surface area (Å²) in [6.07, 6.45) is 2.51. The van der Waals surface area contributed by atoms with Crippen LogP contribution in [0.5, 0.6) is 0 Å². The molecule has 2 rings (SSSR count). The summed E-state index contributed by atoms with van der Waals surface area (Å²) in [5.41, 5.74) is 2.65. The van der Waals surface area contributed by atoms with Crippen molar-refractivity contribution in [1.82, 2.24) is 14.8 Å². The number of rotatable bonds is 6. The van der Waals surface area contributed by atoms with Gasteiger partial charge in [-0.15, -0.1) is 0 Å². The zero-order chi connectivity index (χ0) is 15.5. The Morgan fingerprint density at radius 1 is 1.19 bits per heavy atom. The quantitative estimate of drug-likeness (QED) is 0.654. The summed E-state index contributed by atoms with van der Waals surface area (Å²) in [6.45, 7) is 6.44. The summed E-state index contributed by atoms with van der Waals surface area (Å²) in [7, 11) is 0. The molecule has 0 unspecified atom stereocenters. The van der Waals surface area contributed by atoms with Crippen molar-refractivity contribution in [1.29, 1.82) is 0 Å². The average Bonchev–Trinajstić information content (AvgIpc) is 2.94. The number of hydrogen-bond donors (Lipinski definition) is 0. The van der Waals surface area contributed by atoms with Gasteiger partial charge in [-0.1, -0.05) is 56.1 Å². The molecule has 0 fully saturated rings. The van der Waals surface area contributed by atoms with Gasteiger partial charge in [0.1, 0.15) is 12.2 Å². The first-order valence-corrected chi connectivity index (χ1v) is 9.35. The Hall–Kier alpha value is -0.680. The predicted molar refractivity (Wildman–Crippen MR) is 94.6 cm³/mol. The lowest BCUT2D eigenvalue weighted by Crippen LogP contribution is -2.35. The molecule has 0 aliphatic carbocycles. The summed E-state index contributed by atoms with van der Waals surface area (Å²) in [6, 6.07) is 8.90. The van der Waals surface area contributed by atoms with Crippen molar-refractivity contribution >= 4 is 31.9 Å². The lowest BCUT2D eigenvalue weighted by atomic mass is 9.79. The van der Waals surface area contributed by atoms with Gasteiger partial charge in [-0.25, -0.2) is 9.67 Å². The zero-order valence-corrected chi connectivity index (χ0v) is 15.9. The molecule has 0 saturated carbocycles. The van der Waals surface area contributed by atoms with Crippen molar-refractivity contribution in [2.45, 2.75) is 38.6 Å². The first-order valence-electron chi connectivity index (χ1n) is 7.10. The summed E-state index contributed by atoms with van der Waals surface area (Å²) in [5, 5.41) is 6.11. The van der Waals surface area contributed by atoms with Crippen LogP contribution in [-0.2, 0) is 11.8 Å². The third kappa shape index (κ3) is 3.39. The fraction of sp³-hybridized carbons (Fsp3) is 0.500. The topological polar surface area (TPSA) is 30.7 Å². The number of aryl methyl sites for hydroxylation is 1. The second-order valence-corrected chi connectivity index (χ2v) is 6.88. The number of nitrogens with zero attached hydrogens (tertiary/aromatic N) is 3. The van der Waals surface area contributed by atoms with Crippen LogP contribution >= 0.6 is 31.9 Å². The Morgan fingerprint density at radius 3 is 2.43 bits per heavy atom. The maximum Gasteiger partial charge on any atom is 0.138 e. The molecule has 114 valence electrons. The fourth-order valence-corrected chi connectivity index (χ4v) is 4.60. The largest absolute Gasteiger partial charge is 0.248 e. The molecule has 0 aliphatic rings. The van der Waals surface area contributed by atoms with Gasteiger partial charge in [-0.2, -0.15) is 5.10 Å². The van der Waals surface area contributed by atoms with Crippen molar-refractivity contribution in [3.05, 3.63) is 47.5 Å². The standard InChI is InChI=1S/C16H21Br2N3/c1-12(2)21-15(19-11-20-21)8-16(9-17,10-18)14-7-5-4-6-13(14)3/h4-7,11-12H,8-10H2,1-3H3. The van der Waals surface area contributed by atoms with Crippen LogP contribution < -0.4 is 0 Å². The number of hydrogen-bond acceptors (Lipinski definition) is 2. The Kier molecular flexibility index (Phi) is 5.60. The highest BCUT2D eigenvalue weighted by atomic mass is 79.9. The molecule has 1 aromatic carbocycles. The molecule has 0 amide bonds.